The Morgan fingerprint density at radius 1 is 1.09 bits per heavy atom. The molecule has 2 aromatic heterocycles. The normalized spacial score (nSPS) is 11.8. The number of carbonyl (C=O) groups is 2. The second-order valence-electron chi connectivity index (χ2n) is 7.04. The van der Waals surface area contributed by atoms with Crippen LogP contribution >= 0.6 is 23.1 Å². The van der Waals surface area contributed by atoms with Gasteiger partial charge < -0.3 is 10.1 Å². The molecule has 4 aromatic rings. The maximum absolute atomic E-state index is 12.7. The Bertz CT molecular complexity index is 1240. The van der Waals surface area contributed by atoms with Crippen LogP contribution in [0.25, 0.3) is 20.7 Å². The zero-order valence-electron chi connectivity index (χ0n) is 17.6. The molecule has 0 spiro atoms. The highest BCUT2D eigenvalue weighted by Gasteiger charge is 2.18. The highest BCUT2D eigenvalue weighted by atomic mass is 32.2. The minimum atomic E-state index is -0.384. The lowest BCUT2D eigenvalue weighted by Gasteiger charge is -2.12. The first-order valence-electron chi connectivity index (χ1n) is 9.96. The molecule has 1 amide bonds. The summed E-state index contributed by atoms with van der Waals surface area (Å²) >= 11 is 3.03. The summed E-state index contributed by atoms with van der Waals surface area (Å²) in [4.78, 5) is 35.0. The molecular formula is C24H21N3O3S2. The summed E-state index contributed by atoms with van der Waals surface area (Å²) < 4.78 is 4.70. The summed E-state index contributed by atoms with van der Waals surface area (Å²) in [6, 6.07) is 19.2. The van der Waals surface area contributed by atoms with Crippen molar-refractivity contribution in [3.63, 3.8) is 0 Å². The Morgan fingerprint density at radius 2 is 1.84 bits per heavy atom. The fourth-order valence-electron chi connectivity index (χ4n) is 3.10. The molecule has 0 aliphatic rings. The third-order valence-electron chi connectivity index (χ3n) is 4.85. The van der Waals surface area contributed by atoms with E-state index in [-0.39, 0.29) is 17.1 Å². The van der Waals surface area contributed by atoms with Crippen LogP contribution in [0.4, 0.5) is 0 Å². The zero-order chi connectivity index (χ0) is 22.5. The first-order chi connectivity index (χ1) is 15.5. The number of hydrogen-bond donors (Lipinski definition) is 1. The minimum Gasteiger partial charge on any atom is -0.465 e. The van der Waals surface area contributed by atoms with Crippen LogP contribution in [0.5, 0.6) is 0 Å². The number of carbonyl (C=O) groups excluding carboxylic acids is 2. The molecule has 162 valence electrons. The molecule has 0 aliphatic heterocycles. The molecule has 0 aliphatic carbocycles. The first kappa shape index (κ1) is 22.0. The number of hydrogen-bond acceptors (Lipinski definition) is 7. The molecule has 0 bridgehead atoms. The number of nitrogens with zero attached hydrogens (tertiary/aromatic N) is 2. The van der Waals surface area contributed by atoms with E-state index in [1.807, 2.05) is 25.1 Å². The van der Waals surface area contributed by atoms with Crippen LogP contribution in [0.2, 0.25) is 0 Å². The molecule has 0 saturated heterocycles. The van der Waals surface area contributed by atoms with E-state index in [0.29, 0.717) is 12.1 Å². The summed E-state index contributed by atoms with van der Waals surface area (Å²) in [5.74, 6) is -0.469. The van der Waals surface area contributed by atoms with E-state index in [1.165, 1.54) is 18.9 Å². The Labute approximate surface area is 194 Å². The molecule has 6 nitrogen and oxygen atoms in total. The largest absolute Gasteiger partial charge is 0.465 e. The van der Waals surface area contributed by atoms with Gasteiger partial charge in [0.15, 0.2) is 0 Å². The zero-order valence-corrected chi connectivity index (χ0v) is 19.2. The summed E-state index contributed by atoms with van der Waals surface area (Å²) in [5, 5.41) is 4.36. The number of nitrogens with one attached hydrogen (secondary N) is 1. The van der Waals surface area contributed by atoms with Crippen LogP contribution in [-0.2, 0) is 16.1 Å². The summed E-state index contributed by atoms with van der Waals surface area (Å²) in [5.41, 5.74) is 2.51. The van der Waals surface area contributed by atoms with Crippen molar-refractivity contribution in [2.24, 2.45) is 0 Å². The van der Waals surface area contributed by atoms with Crippen molar-refractivity contribution >= 4 is 45.2 Å². The number of aromatic nitrogens is 2. The van der Waals surface area contributed by atoms with Gasteiger partial charge in [-0.2, -0.15) is 0 Å². The Kier molecular flexibility index (Phi) is 6.82. The van der Waals surface area contributed by atoms with E-state index in [4.69, 9.17) is 4.74 Å². The van der Waals surface area contributed by atoms with Crippen molar-refractivity contribution in [1.82, 2.24) is 15.3 Å². The maximum Gasteiger partial charge on any atom is 0.337 e. The number of fused-ring (bicyclic) bond motifs is 1. The predicted molar refractivity (Wildman–Crippen MR) is 128 cm³/mol. The van der Waals surface area contributed by atoms with Crippen LogP contribution in [0, 0.1) is 0 Å². The predicted octanol–water partition coefficient (Wildman–Crippen LogP) is 4.94. The monoisotopic (exact) mass is 463 g/mol. The van der Waals surface area contributed by atoms with Crippen LogP contribution in [-0.4, -0.2) is 34.2 Å². The highest BCUT2D eigenvalue weighted by Crippen LogP contribution is 2.37. The average molecular weight is 464 g/mol. The molecule has 1 atom stereocenters. The smallest absolute Gasteiger partial charge is 0.337 e. The quantitative estimate of drug-likeness (QED) is 0.237. The van der Waals surface area contributed by atoms with Gasteiger partial charge >= 0.3 is 5.97 Å². The first-order valence-corrected chi connectivity index (χ1v) is 11.7. The Morgan fingerprint density at radius 3 is 2.56 bits per heavy atom. The number of rotatable bonds is 7. The average Bonchev–Trinajstić information content (AvgIpc) is 3.28. The number of esters is 1. The van der Waals surface area contributed by atoms with Crippen molar-refractivity contribution in [2.75, 3.05) is 7.11 Å². The number of thioether (sulfide) groups is 1. The molecule has 0 radical (unpaired) electrons. The van der Waals surface area contributed by atoms with Gasteiger partial charge in [0.05, 0.1) is 17.9 Å². The SMILES string of the molecule is COC(=O)c1ccc(CNC(=O)C(C)Sc2ncnc3sc(-c4ccccc4)cc23)cc1. The third kappa shape index (κ3) is 4.98. The van der Waals surface area contributed by atoms with Gasteiger partial charge in [0.25, 0.3) is 0 Å². The Hall–Kier alpha value is -3.23. The minimum absolute atomic E-state index is 0.0858. The van der Waals surface area contributed by atoms with Gasteiger partial charge in [0.2, 0.25) is 5.91 Å². The van der Waals surface area contributed by atoms with Crippen molar-refractivity contribution < 1.29 is 14.3 Å². The summed E-state index contributed by atoms with van der Waals surface area (Å²) in [7, 11) is 1.35. The van der Waals surface area contributed by atoms with Gasteiger partial charge in [-0.3, -0.25) is 4.79 Å². The summed E-state index contributed by atoms with van der Waals surface area (Å²) in [6.45, 7) is 2.24. The maximum atomic E-state index is 12.7. The molecule has 1 N–H and O–H groups in total. The lowest BCUT2D eigenvalue weighted by atomic mass is 10.1. The van der Waals surface area contributed by atoms with E-state index in [9.17, 15) is 9.59 Å². The van der Waals surface area contributed by atoms with E-state index < -0.39 is 0 Å². The van der Waals surface area contributed by atoms with Gasteiger partial charge in [-0.05, 0) is 36.2 Å². The number of benzene rings is 2. The highest BCUT2D eigenvalue weighted by molar-refractivity contribution is 8.00. The van der Waals surface area contributed by atoms with Crippen LogP contribution in [0.1, 0.15) is 22.8 Å². The topological polar surface area (TPSA) is 81.2 Å². The lowest BCUT2D eigenvalue weighted by Crippen LogP contribution is -2.30. The van der Waals surface area contributed by atoms with Gasteiger partial charge in [-0.15, -0.1) is 11.3 Å². The van der Waals surface area contributed by atoms with Gasteiger partial charge in [-0.1, -0.05) is 54.2 Å². The molecule has 0 fully saturated rings. The Balaban J connectivity index is 1.42. The lowest BCUT2D eigenvalue weighted by molar-refractivity contribution is -0.120. The number of methoxy groups -OCH3 is 1. The van der Waals surface area contributed by atoms with Crippen molar-refractivity contribution in [1.29, 1.82) is 0 Å². The van der Waals surface area contributed by atoms with Crippen molar-refractivity contribution in [3.8, 4) is 10.4 Å². The van der Waals surface area contributed by atoms with Crippen LogP contribution in [0.3, 0.4) is 0 Å². The second-order valence-corrected chi connectivity index (χ2v) is 9.40. The van der Waals surface area contributed by atoms with E-state index in [1.54, 1.807) is 41.9 Å². The molecule has 32 heavy (non-hydrogen) atoms. The molecule has 8 heteroatoms. The number of thiophene rings is 1. The molecule has 0 saturated carbocycles. The van der Waals surface area contributed by atoms with E-state index >= 15 is 0 Å². The fraction of sp³-hybridized carbons (Fsp3) is 0.167. The van der Waals surface area contributed by atoms with E-state index in [0.717, 1.165) is 31.2 Å². The van der Waals surface area contributed by atoms with Gasteiger partial charge in [0.1, 0.15) is 16.2 Å². The van der Waals surface area contributed by atoms with Gasteiger partial charge in [0, 0.05) is 16.8 Å². The second kappa shape index (κ2) is 9.93. The molecular weight excluding hydrogens is 442 g/mol. The molecule has 4 rings (SSSR count). The van der Waals surface area contributed by atoms with Crippen molar-refractivity contribution in [3.05, 3.63) is 78.1 Å². The van der Waals surface area contributed by atoms with E-state index in [2.05, 4.69) is 33.5 Å². The van der Waals surface area contributed by atoms with Gasteiger partial charge in [-0.25, -0.2) is 14.8 Å². The molecule has 2 heterocycles. The molecule has 2 aromatic carbocycles. The number of amides is 1. The number of ether oxygens (including phenoxy) is 1. The standard InChI is InChI=1S/C24H21N3O3S2/c1-15(21(28)25-13-16-8-10-18(11-9-16)24(29)30-2)31-22-19-12-20(17-6-4-3-5-7-17)32-23(19)27-14-26-22/h3-12,14-15H,13H2,1-2H3,(H,25,28). The fourth-order valence-corrected chi connectivity index (χ4v) is 5.09. The van der Waals surface area contributed by atoms with Crippen LogP contribution < -0.4 is 5.32 Å². The van der Waals surface area contributed by atoms with Crippen LogP contribution in [0.15, 0.2) is 72.0 Å². The molecule has 1 unspecified atom stereocenters. The summed E-state index contributed by atoms with van der Waals surface area (Å²) in [6.07, 6.45) is 1.55. The van der Waals surface area contributed by atoms with Crippen molar-refractivity contribution in [2.45, 2.75) is 23.7 Å². The third-order valence-corrected chi connectivity index (χ3v) is 7.06.